The average Bonchev–Trinajstić information content (AvgIpc) is 2.71. The number of anilines is 2. The van der Waals surface area contributed by atoms with Crippen molar-refractivity contribution in [2.24, 2.45) is 7.05 Å². The van der Waals surface area contributed by atoms with Crippen molar-refractivity contribution in [1.29, 1.82) is 0 Å². The summed E-state index contributed by atoms with van der Waals surface area (Å²) in [6.45, 7) is 0. The van der Waals surface area contributed by atoms with Crippen molar-refractivity contribution in [3.05, 3.63) is 46.0 Å². The van der Waals surface area contributed by atoms with Gasteiger partial charge in [0.2, 0.25) is 12.1 Å². The predicted molar refractivity (Wildman–Crippen MR) is 66.5 cm³/mol. The van der Waals surface area contributed by atoms with Crippen molar-refractivity contribution in [2.45, 2.75) is 0 Å². The van der Waals surface area contributed by atoms with Gasteiger partial charge in [0, 0.05) is 12.7 Å². The molecule has 0 fully saturated rings. The zero-order chi connectivity index (χ0) is 14.9. The molecule has 1 aromatic heterocycles. The van der Waals surface area contributed by atoms with Gasteiger partial charge in [-0.3, -0.25) is 4.57 Å². The molecule has 0 saturated heterocycles. The number of hydrogen-bond acceptors (Lipinski definition) is 5. The van der Waals surface area contributed by atoms with Gasteiger partial charge in [0.1, 0.15) is 5.82 Å². The Balaban J connectivity index is 2.36. The number of benzene rings is 1. The molecule has 2 rings (SSSR count). The number of carbonyl (C=O) groups is 1. The molecule has 0 spiro atoms. The van der Waals surface area contributed by atoms with Crippen molar-refractivity contribution in [3.8, 4) is 0 Å². The third kappa shape index (κ3) is 2.41. The SMILES string of the molecule is Cn1cnc([N+](=O)[O-])c1Nc1ccc(C(=O)O)c(F)c1. The Hall–Kier alpha value is -2.97. The Morgan fingerprint density at radius 2 is 2.25 bits per heavy atom. The minimum absolute atomic E-state index is 0.0671. The third-order valence-electron chi connectivity index (χ3n) is 2.55. The number of carboxylic acid groups (broad SMARTS) is 1. The topological polar surface area (TPSA) is 110 Å². The molecule has 0 atom stereocenters. The Morgan fingerprint density at radius 3 is 2.80 bits per heavy atom. The molecule has 0 unspecified atom stereocenters. The highest BCUT2D eigenvalue weighted by Crippen LogP contribution is 2.26. The maximum Gasteiger partial charge on any atom is 0.406 e. The van der Waals surface area contributed by atoms with Crippen molar-refractivity contribution >= 4 is 23.3 Å². The molecule has 0 amide bonds. The van der Waals surface area contributed by atoms with Crippen LogP contribution in [0.4, 0.5) is 21.7 Å². The summed E-state index contributed by atoms with van der Waals surface area (Å²) in [6.07, 6.45) is 1.24. The van der Waals surface area contributed by atoms with E-state index in [1.165, 1.54) is 24.0 Å². The van der Waals surface area contributed by atoms with Crippen LogP contribution in [0.3, 0.4) is 0 Å². The largest absolute Gasteiger partial charge is 0.478 e. The average molecular weight is 280 g/mol. The molecule has 20 heavy (non-hydrogen) atoms. The Bertz CT molecular complexity index is 698. The highest BCUT2D eigenvalue weighted by Gasteiger charge is 2.20. The summed E-state index contributed by atoms with van der Waals surface area (Å²) in [5.41, 5.74) is -0.297. The molecule has 1 aromatic carbocycles. The fraction of sp³-hybridized carbons (Fsp3) is 0.0909. The first-order valence-corrected chi connectivity index (χ1v) is 5.35. The number of nitrogens with zero attached hydrogens (tertiary/aromatic N) is 3. The summed E-state index contributed by atoms with van der Waals surface area (Å²) >= 11 is 0. The summed E-state index contributed by atoms with van der Waals surface area (Å²) < 4.78 is 14.9. The first-order chi connectivity index (χ1) is 9.40. The molecule has 0 bridgehead atoms. The minimum Gasteiger partial charge on any atom is -0.478 e. The highest BCUT2D eigenvalue weighted by molar-refractivity contribution is 5.88. The van der Waals surface area contributed by atoms with Crippen LogP contribution in [0, 0.1) is 15.9 Å². The fourth-order valence-electron chi connectivity index (χ4n) is 1.60. The lowest BCUT2D eigenvalue weighted by Crippen LogP contribution is -2.03. The van der Waals surface area contributed by atoms with Gasteiger partial charge in [0.05, 0.1) is 5.56 Å². The molecule has 2 aromatic rings. The number of aryl methyl sites for hydroxylation is 1. The van der Waals surface area contributed by atoms with Gasteiger partial charge in [0.15, 0.2) is 0 Å². The van der Waals surface area contributed by atoms with Gasteiger partial charge in [0.25, 0.3) is 0 Å². The summed E-state index contributed by atoms with van der Waals surface area (Å²) in [5, 5.41) is 22.1. The smallest absolute Gasteiger partial charge is 0.406 e. The summed E-state index contributed by atoms with van der Waals surface area (Å²) in [6, 6.07) is 3.33. The molecule has 0 aliphatic heterocycles. The number of aromatic nitrogens is 2. The molecule has 1 heterocycles. The van der Waals surface area contributed by atoms with E-state index in [9.17, 15) is 19.3 Å². The van der Waals surface area contributed by atoms with Gasteiger partial charge in [-0.1, -0.05) is 0 Å². The molecule has 8 nitrogen and oxygen atoms in total. The summed E-state index contributed by atoms with van der Waals surface area (Å²) in [5.74, 6) is -2.67. The number of nitro groups is 1. The Labute approximate surface area is 111 Å². The quantitative estimate of drug-likeness (QED) is 0.653. The number of aromatic carboxylic acids is 1. The van der Waals surface area contributed by atoms with E-state index >= 15 is 0 Å². The van der Waals surface area contributed by atoms with Crippen LogP contribution in [0.25, 0.3) is 0 Å². The second-order valence-corrected chi connectivity index (χ2v) is 3.91. The number of halogens is 1. The van der Waals surface area contributed by atoms with Gasteiger partial charge in [-0.2, -0.15) is 0 Å². The monoisotopic (exact) mass is 280 g/mol. The molecule has 0 aliphatic rings. The summed E-state index contributed by atoms with van der Waals surface area (Å²) in [4.78, 5) is 24.4. The van der Waals surface area contributed by atoms with E-state index in [1.807, 2.05) is 0 Å². The van der Waals surface area contributed by atoms with Gasteiger partial charge < -0.3 is 20.5 Å². The van der Waals surface area contributed by atoms with Crippen molar-refractivity contribution in [3.63, 3.8) is 0 Å². The van der Waals surface area contributed by atoms with Crippen LogP contribution < -0.4 is 5.32 Å². The number of hydrogen-bond donors (Lipinski definition) is 2. The minimum atomic E-state index is -1.39. The molecule has 9 heteroatoms. The van der Waals surface area contributed by atoms with Crippen LogP contribution in [-0.2, 0) is 7.05 Å². The van der Waals surface area contributed by atoms with Crippen molar-refractivity contribution < 1.29 is 19.2 Å². The number of carboxylic acids is 1. The fourth-order valence-corrected chi connectivity index (χ4v) is 1.60. The van der Waals surface area contributed by atoms with Crippen LogP contribution in [0.5, 0.6) is 0 Å². The van der Waals surface area contributed by atoms with E-state index in [1.54, 1.807) is 0 Å². The van der Waals surface area contributed by atoms with Gasteiger partial charge >= 0.3 is 11.8 Å². The molecule has 0 radical (unpaired) electrons. The van der Waals surface area contributed by atoms with Gasteiger partial charge in [-0.15, -0.1) is 0 Å². The maximum atomic E-state index is 13.5. The van der Waals surface area contributed by atoms with Crippen molar-refractivity contribution in [1.82, 2.24) is 9.55 Å². The second kappa shape index (κ2) is 4.96. The Kier molecular flexibility index (Phi) is 3.34. The lowest BCUT2D eigenvalue weighted by atomic mass is 10.2. The second-order valence-electron chi connectivity index (χ2n) is 3.91. The predicted octanol–water partition coefficient (Wildman–Crippen LogP) is 1.91. The lowest BCUT2D eigenvalue weighted by Gasteiger charge is -2.07. The first-order valence-electron chi connectivity index (χ1n) is 5.35. The van der Waals surface area contributed by atoms with E-state index in [0.717, 1.165) is 12.1 Å². The Morgan fingerprint density at radius 1 is 1.55 bits per heavy atom. The highest BCUT2D eigenvalue weighted by atomic mass is 19.1. The maximum absolute atomic E-state index is 13.5. The van der Waals surface area contributed by atoms with E-state index in [0.29, 0.717) is 0 Å². The third-order valence-corrected chi connectivity index (χ3v) is 2.55. The van der Waals surface area contributed by atoms with E-state index < -0.39 is 28.1 Å². The van der Waals surface area contributed by atoms with E-state index in [4.69, 9.17) is 5.11 Å². The summed E-state index contributed by atoms with van der Waals surface area (Å²) in [7, 11) is 1.53. The molecular weight excluding hydrogens is 271 g/mol. The van der Waals surface area contributed by atoms with Crippen LogP contribution in [0.15, 0.2) is 24.5 Å². The van der Waals surface area contributed by atoms with Crippen LogP contribution in [0.1, 0.15) is 10.4 Å². The lowest BCUT2D eigenvalue weighted by molar-refractivity contribution is -0.388. The number of imidazole rings is 1. The molecule has 0 aliphatic carbocycles. The van der Waals surface area contributed by atoms with E-state index in [2.05, 4.69) is 10.3 Å². The number of nitrogens with one attached hydrogen (secondary N) is 1. The van der Waals surface area contributed by atoms with Gasteiger partial charge in [-0.25, -0.2) is 9.18 Å². The zero-order valence-electron chi connectivity index (χ0n) is 10.2. The van der Waals surface area contributed by atoms with Crippen LogP contribution >= 0.6 is 0 Å². The van der Waals surface area contributed by atoms with Crippen molar-refractivity contribution in [2.75, 3.05) is 5.32 Å². The van der Waals surface area contributed by atoms with E-state index in [-0.39, 0.29) is 11.5 Å². The molecule has 2 N–H and O–H groups in total. The molecular formula is C11H9FN4O4. The van der Waals surface area contributed by atoms with Gasteiger partial charge in [-0.05, 0) is 28.1 Å². The number of rotatable bonds is 4. The zero-order valence-corrected chi connectivity index (χ0v) is 10.2. The molecule has 104 valence electrons. The molecule has 0 saturated carbocycles. The first kappa shape index (κ1) is 13.5. The normalized spacial score (nSPS) is 10.3. The standard InChI is InChI=1S/C11H9FN4O4/c1-15-5-13-9(16(19)20)10(15)14-6-2-3-7(11(17)18)8(12)4-6/h2-5,14H,1H3,(H,17,18). The van der Waals surface area contributed by atoms with Crippen LogP contribution in [0.2, 0.25) is 0 Å². The van der Waals surface area contributed by atoms with Crippen LogP contribution in [-0.4, -0.2) is 25.6 Å².